The summed E-state index contributed by atoms with van der Waals surface area (Å²) in [5.41, 5.74) is 1.37. The standard InChI is InChI=1S/C10H12N/c1-2-4-9(5-3-1)8-11-10-6-7-10/h1-5,11H,6-8H2. The smallest absolute Gasteiger partial charge is 0.0368 e. The highest BCUT2D eigenvalue weighted by molar-refractivity contribution is 5.16. The fourth-order valence-electron chi connectivity index (χ4n) is 1.06. The molecule has 0 amide bonds. The molecule has 0 unspecified atom stereocenters. The van der Waals surface area contributed by atoms with Crippen molar-refractivity contribution >= 4 is 0 Å². The third kappa shape index (κ3) is 2.05. The summed E-state index contributed by atoms with van der Waals surface area (Å²) < 4.78 is 0. The molecule has 1 aliphatic carbocycles. The minimum Gasteiger partial charge on any atom is -0.305 e. The third-order valence-corrected chi connectivity index (χ3v) is 1.89. The van der Waals surface area contributed by atoms with Crippen LogP contribution in [0, 0.1) is 6.04 Å². The summed E-state index contributed by atoms with van der Waals surface area (Å²) in [5.74, 6) is 0. The Bertz CT molecular complexity index is 214. The summed E-state index contributed by atoms with van der Waals surface area (Å²) in [5, 5.41) is 3.39. The number of benzene rings is 1. The Kier molecular flexibility index (Phi) is 1.91. The van der Waals surface area contributed by atoms with Gasteiger partial charge >= 0.3 is 0 Å². The molecule has 1 saturated carbocycles. The van der Waals surface area contributed by atoms with E-state index in [9.17, 15) is 0 Å². The summed E-state index contributed by atoms with van der Waals surface area (Å²) in [7, 11) is 0. The van der Waals surface area contributed by atoms with Gasteiger partial charge in [-0.2, -0.15) is 0 Å². The van der Waals surface area contributed by atoms with Gasteiger partial charge in [-0.3, -0.25) is 0 Å². The second-order valence-electron chi connectivity index (χ2n) is 2.94. The molecule has 0 atom stereocenters. The highest BCUT2D eigenvalue weighted by Crippen LogP contribution is 2.28. The van der Waals surface area contributed by atoms with Crippen molar-refractivity contribution in [2.24, 2.45) is 0 Å². The highest BCUT2D eigenvalue weighted by atomic mass is 14.9. The average Bonchev–Trinajstić information content (AvgIpc) is 2.86. The molecule has 1 N–H and O–H groups in total. The predicted octanol–water partition coefficient (Wildman–Crippen LogP) is 2.10. The van der Waals surface area contributed by atoms with Crippen molar-refractivity contribution < 1.29 is 0 Å². The lowest BCUT2D eigenvalue weighted by Gasteiger charge is -2.00. The van der Waals surface area contributed by atoms with Crippen LogP contribution in [0.15, 0.2) is 30.3 Å². The average molecular weight is 146 g/mol. The van der Waals surface area contributed by atoms with Crippen molar-refractivity contribution in [3.63, 3.8) is 0 Å². The van der Waals surface area contributed by atoms with Gasteiger partial charge in [-0.05, 0) is 18.4 Å². The first-order valence-electron chi connectivity index (χ1n) is 4.07. The molecular formula is C10H12N. The van der Waals surface area contributed by atoms with Crippen molar-refractivity contribution in [1.29, 1.82) is 0 Å². The second-order valence-corrected chi connectivity index (χ2v) is 2.94. The van der Waals surface area contributed by atoms with Gasteiger partial charge in [0.2, 0.25) is 0 Å². The molecule has 1 radical (unpaired) electrons. The molecule has 0 spiro atoms. The first kappa shape index (κ1) is 6.86. The summed E-state index contributed by atoms with van der Waals surface area (Å²) in [6, 6.07) is 12.0. The van der Waals surface area contributed by atoms with Gasteiger partial charge in [-0.1, -0.05) is 30.3 Å². The molecule has 1 aromatic rings. The molecule has 0 heterocycles. The molecule has 1 aromatic carbocycles. The first-order chi connectivity index (χ1) is 5.45. The molecule has 0 bridgehead atoms. The Balaban J connectivity index is 1.85. The summed E-state index contributed by atoms with van der Waals surface area (Å²) in [4.78, 5) is 0. The minimum atomic E-state index is 0.996. The Morgan fingerprint density at radius 3 is 2.45 bits per heavy atom. The Hall–Kier alpha value is -0.820. The fraction of sp³-hybridized carbons (Fsp3) is 0.300. The molecule has 1 nitrogen and oxygen atoms in total. The first-order valence-corrected chi connectivity index (χ1v) is 4.07. The molecular weight excluding hydrogens is 134 g/mol. The van der Waals surface area contributed by atoms with Gasteiger partial charge in [-0.15, -0.1) is 0 Å². The number of hydrogen-bond acceptors (Lipinski definition) is 1. The topological polar surface area (TPSA) is 12.0 Å². The minimum absolute atomic E-state index is 0.996. The maximum absolute atomic E-state index is 3.39. The van der Waals surface area contributed by atoms with E-state index >= 15 is 0 Å². The van der Waals surface area contributed by atoms with Crippen molar-refractivity contribution in [3.8, 4) is 0 Å². The van der Waals surface area contributed by atoms with Gasteiger partial charge in [0.1, 0.15) is 0 Å². The molecule has 11 heavy (non-hydrogen) atoms. The fourth-order valence-corrected chi connectivity index (χ4v) is 1.06. The normalized spacial score (nSPS) is 16.7. The van der Waals surface area contributed by atoms with E-state index in [4.69, 9.17) is 0 Å². The lowest BCUT2D eigenvalue weighted by molar-refractivity contribution is 0.784. The van der Waals surface area contributed by atoms with Crippen LogP contribution in [0.5, 0.6) is 0 Å². The van der Waals surface area contributed by atoms with Crippen LogP contribution in [0.1, 0.15) is 18.4 Å². The van der Waals surface area contributed by atoms with Crippen molar-refractivity contribution in [3.05, 3.63) is 41.9 Å². The van der Waals surface area contributed by atoms with Crippen molar-refractivity contribution in [2.45, 2.75) is 19.4 Å². The molecule has 57 valence electrons. The number of nitrogens with one attached hydrogen (secondary N) is 1. The van der Waals surface area contributed by atoms with E-state index in [2.05, 4.69) is 29.6 Å². The van der Waals surface area contributed by atoms with Crippen LogP contribution in [-0.4, -0.2) is 0 Å². The van der Waals surface area contributed by atoms with Crippen molar-refractivity contribution in [2.75, 3.05) is 0 Å². The van der Waals surface area contributed by atoms with E-state index in [1.165, 1.54) is 24.4 Å². The van der Waals surface area contributed by atoms with Crippen LogP contribution in [0.25, 0.3) is 0 Å². The van der Waals surface area contributed by atoms with E-state index in [-0.39, 0.29) is 0 Å². The van der Waals surface area contributed by atoms with E-state index in [1.54, 1.807) is 0 Å². The third-order valence-electron chi connectivity index (χ3n) is 1.89. The van der Waals surface area contributed by atoms with E-state index in [0.717, 1.165) is 6.54 Å². The lowest BCUT2D eigenvalue weighted by atomic mass is 10.2. The number of rotatable bonds is 3. The highest BCUT2D eigenvalue weighted by Gasteiger charge is 2.20. The zero-order valence-corrected chi connectivity index (χ0v) is 6.51. The van der Waals surface area contributed by atoms with Gasteiger partial charge in [-0.25, -0.2) is 0 Å². The van der Waals surface area contributed by atoms with Crippen LogP contribution in [0.4, 0.5) is 0 Å². The van der Waals surface area contributed by atoms with Gasteiger partial charge < -0.3 is 5.32 Å². The Morgan fingerprint density at radius 2 is 1.82 bits per heavy atom. The van der Waals surface area contributed by atoms with Crippen LogP contribution in [-0.2, 0) is 6.54 Å². The van der Waals surface area contributed by atoms with Gasteiger partial charge in [0, 0.05) is 12.6 Å². The number of hydrogen-bond donors (Lipinski definition) is 1. The molecule has 0 aromatic heterocycles. The van der Waals surface area contributed by atoms with Gasteiger partial charge in [0.25, 0.3) is 0 Å². The monoisotopic (exact) mass is 146 g/mol. The zero-order chi connectivity index (χ0) is 7.52. The second kappa shape index (κ2) is 3.05. The molecule has 1 heteroatoms. The van der Waals surface area contributed by atoms with Crippen LogP contribution < -0.4 is 5.32 Å². The Labute approximate surface area is 67.4 Å². The largest absolute Gasteiger partial charge is 0.305 e. The van der Waals surface area contributed by atoms with Gasteiger partial charge in [0.05, 0.1) is 0 Å². The van der Waals surface area contributed by atoms with E-state index in [0.29, 0.717) is 0 Å². The molecule has 0 aliphatic heterocycles. The van der Waals surface area contributed by atoms with Gasteiger partial charge in [0.15, 0.2) is 0 Å². The molecule has 1 aliphatic rings. The summed E-state index contributed by atoms with van der Waals surface area (Å²) in [6.45, 7) is 0.996. The molecule has 2 rings (SSSR count). The van der Waals surface area contributed by atoms with E-state index < -0.39 is 0 Å². The van der Waals surface area contributed by atoms with Crippen LogP contribution in [0.3, 0.4) is 0 Å². The maximum atomic E-state index is 3.39. The summed E-state index contributed by atoms with van der Waals surface area (Å²) in [6.07, 6.45) is 2.57. The molecule has 0 saturated heterocycles. The predicted molar refractivity (Wildman–Crippen MR) is 45.8 cm³/mol. The summed E-state index contributed by atoms with van der Waals surface area (Å²) >= 11 is 0. The van der Waals surface area contributed by atoms with E-state index in [1.807, 2.05) is 6.07 Å². The quantitative estimate of drug-likeness (QED) is 0.688. The lowest BCUT2D eigenvalue weighted by Crippen LogP contribution is -2.09. The maximum Gasteiger partial charge on any atom is 0.0368 e. The van der Waals surface area contributed by atoms with Crippen molar-refractivity contribution in [1.82, 2.24) is 5.32 Å². The van der Waals surface area contributed by atoms with Crippen LogP contribution >= 0.6 is 0 Å². The molecule has 1 fully saturated rings. The zero-order valence-electron chi connectivity index (χ0n) is 6.51. The Morgan fingerprint density at radius 1 is 1.09 bits per heavy atom. The SMILES string of the molecule is c1ccc(CN[C]2CC2)cc1. The van der Waals surface area contributed by atoms with Crippen LogP contribution in [0.2, 0.25) is 0 Å².